The van der Waals surface area contributed by atoms with E-state index in [0.29, 0.717) is 25.6 Å². The second-order valence-corrected chi connectivity index (χ2v) is 6.00. The van der Waals surface area contributed by atoms with Crippen molar-refractivity contribution in [3.05, 3.63) is 0 Å². The number of alkyl halides is 3. The molecule has 2 unspecified atom stereocenters. The average molecular weight is 308 g/mol. The summed E-state index contributed by atoms with van der Waals surface area (Å²) in [5.74, 6) is -0.895. The van der Waals surface area contributed by atoms with E-state index in [1.54, 1.807) is 12.0 Å². The Kier molecular flexibility index (Phi) is 5.48. The van der Waals surface area contributed by atoms with Crippen LogP contribution in [0.25, 0.3) is 0 Å². The fourth-order valence-electron chi connectivity index (χ4n) is 3.12. The molecule has 4 nitrogen and oxygen atoms in total. The minimum atomic E-state index is -4.17. The third-order valence-corrected chi connectivity index (χ3v) is 4.50. The number of likely N-dealkylation sites (tertiary alicyclic amines) is 1. The zero-order valence-electron chi connectivity index (χ0n) is 12.3. The van der Waals surface area contributed by atoms with Gasteiger partial charge in [-0.05, 0) is 31.6 Å². The molecule has 21 heavy (non-hydrogen) atoms. The molecular weight excluding hydrogens is 285 g/mol. The van der Waals surface area contributed by atoms with Crippen LogP contribution in [0.4, 0.5) is 13.2 Å². The molecule has 2 fully saturated rings. The quantitative estimate of drug-likeness (QED) is 0.864. The summed E-state index contributed by atoms with van der Waals surface area (Å²) in [7, 11) is 1.67. The van der Waals surface area contributed by atoms with Crippen molar-refractivity contribution in [3.8, 4) is 0 Å². The molecule has 0 radical (unpaired) electrons. The first-order valence-corrected chi connectivity index (χ1v) is 7.49. The Labute approximate surface area is 123 Å². The molecule has 2 atom stereocenters. The van der Waals surface area contributed by atoms with Crippen LogP contribution in [-0.2, 0) is 9.53 Å². The Morgan fingerprint density at radius 3 is 2.38 bits per heavy atom. The summed E-state index contributed by atoms with van der Waals surface area (Å²) in [4.78, 5) is 14.1. The zero-order chi connectivity index (χ0) is 15.5. The number of nitrogens with zero attached hydrogens (tertiary/aromatic N) is 1. The fraction of sp³-hybridized carbons (Fsp3) is 0.929. The first kappa shape index (κ1) is 16.5. The second-order valence-electron chi connectivity index (χ2n) is 6.00. The van der Waals surface area contributed by atoms with Crippen molar-refractivity contribution in [1.29, 1.82) is 0 Å². The summed E-state index contributed by atoms with van der Waals surface area (Å²) in [5, 5.41) is 2.77. The van der Waals surface area contributed by atoms with Gasteiger partial charge >= 0.3 is 6.18 Å². The molecule has 1 amide bonds. The number of rotatable bonds is 3. The molecule has 0 aliphatic carbocycles. The van der Waals surface area contributed by atoms with Crippen LogP contribution in [0.15, 0.2) is 0 Å². The van der Waals surface area contributed by atoms with E-state index in [-0.39, 0.29) is 25.3 Å². The summed E-state index contributed by atoms with van der Waals surface area (Å²) in [5.41, 5.74) is 0. The molecular formula is C14H23F3N2O2. The van der Waals surface area contributed by atoms with E-state index in [2.05, 4.69) is 5.32 Å². The summed E-state index contributed by atoms with van der Waals surface area (Å²) in [6.45, 7) is 1.90. The molecule has 2 aliphatic rings. The van der Waals surface area contributed by atoms with Gasteiger partial charge in [0.1, 0.15) is 0 Å². The predicted octanol–water partition coefficient (Wildman–Crippen LogP) is 1.80. The molecule has 7 heteroatoms. The van der Waals surface area contributed by atoms with E-state index in [9.17, 15) is 18.0 Å². The predicted molar refractivity (Wildman–Crippen MR) is 71.7 cm³/mol. The summed E-state index contributed by atoms with van der Waals surface area (Å²) >= 11 is 0. The number of hydrogen-bond acceptors (Lipinski definition) is 3. The van der Waals surface area contributed by atoms with E-state index in [0.717, 1.165) is 12.8 Å². The van der Waals surface area contributed by atoms with Crippen molar-refractivity contribution in [2.45, 2.75) is 37.9 Å². The number of hydrogen-bond donors (Lipinski definition) is 1. The maximum absolute atomic E-state index is 12.6. The highest BCUT2D eigenvalue weighted by molar-refractivity contribution is 5.82. The van der Waals surface area contributed by atoms with Crippen LogP contribution in [0.1, 0.15) is 25.7 Å². The Balaban J connectivity index is 1.78. The van der Waals surface area contributed by atoms with Crippen molar-refractivity contribution < 1.29 is 22.7 Å². The smallest absolute Gasteiger partial charge is 0.384 e. The maximum atomic E-state index is 12.6. The Morgan fingerprint density at radius 2 is 1.90 bits per heavy atom. The van der Waals surface area contributed by atoms with Gasteiger partial charge < -0.3 is 15.0 Å². The van der Waals surface area contributed by atoms with Crippen LogP contribution < -0.4 is 5.32 Å². The van der Waals surface area contributed by atoms with Crippen molar-refractivity contribution >= 4 is 5.91 Å². The second kappa shape index (κ2) is 6.96. The molecule has 0 spiro atoms. The van der Waals surface area contributed by atoms with Gasteiger partial charge in [-0.25, -0.2) is 0 Å². The highest BCUT2D eigenvalue weighted by Crippen LogP contribution is 2.32. The first-order chi connectivity index (χ1) is 9.91. The van der Waals surface area contributed by atoms with E-state index < -0.39 is 18.1 Å². The Morgan fingerprint density at radius 1 is 1.24 bits per heavy atom. The van der Waals surface area contributed by atoms with Crippen LogP contribution in [0.3, 0.4) is 0 Å². The molecule has 122 valence electrons. The van der Waals surface area contributed by atoms with Gasteiger partial charge in [0.25, 0.3) is 0 Å². The highest BCUT2D eigenvalue weighted by atomic mass is 19.4. The lowest BCUT2D eigenvalue weighted by Crippen LogP contribution is -2.53. The lowest BCUT2D eigenvalue weighted by Gasteiger charge is -2.37. The van der Waals surface area contributed by atoms with Crippen molar-refractivity contribution in [1.82, 2.24) is 10.2 Å². The van der Waals surface area contributed by atoms with Crippen molar-refractivity contribution in [2.75, 3.05) is 33.4 Å². The molecule has 0 aromatic heterocycles. The summed E-state index contributed by atoms with van der Waals surface area (Å²) in [6.07, 6.45) is -2.07. The van der Waals surface area contributed by atoms with Crippen LogP contribution >= 0.6 is 0 Å². The number of piperidine rings is 2. The van der Waals surface area contributed by atoms with E-state index in [1.807, 2.05) is 0 Å². The van der Waals surface area contributed by atoms with Crippen molar-refractivity contribution in [3.63, 3.8) is 0 Å². The van der Waals surface area contributed by atoms with Crippen molar-refractivity contribution in [2.24, 2.45) is 11.8 Å². The monoisotopic (exact) mass is 308 g/mol. The SMILES string of the molecule is COCC1CCN(C(=O)C2CCC(C(F)(F)F)CN2)CC1. The molecule has 2 saturated heterocycles. The first-order valence-electron chi connectivity index (χ1n) is 7.49. The third-order valence-electron chi connectivity index (χ3n) is 4.50. The molecule has 0 aromatic carbocycles. The van der Waals surface area contributed by atoms with E-state index in [1.165, 1.54) is 0 Å². The number of amides is 1. The van der Waals surface area contributed by atoms with Gasteiger partial charge in [0.15, 0.2) is 0 Å². The Hall–Kier alpha value is -0.820. The number of carbonyl (C=O) groups excluding carboxylic acids is 1. The van der Waals surface area contributed by atoms with Crippen LogP contribution in [0.5, 0.6) is 0 Å². The molecule has 2 aliphatic heterocycles. The van der Waals surface area contributed by atoms with Gasteiger partial charge in [0.05, 0.1) is 12.0 Å². The standard InChI is InChI=1S/C14H23F3N2O2/c1-21-9-10-4-6-19(7-5-10)13(20)12-3-2-11(8-18-12)14(15,16)17/h10-12,18H,2-9H2,1H3. The zero-order valence-corrected chi connectivity index (χ0v) is 12.3. The minimum Gasteiger partial charge on any atom is -0.384 e. The van der Waals surface area contributed by atoms with Gasteiger partial charge in [-0.15, -0.1) is 0 Å². The molecule has 1 N–H and O–H groups in total. The lowest BCUT2D eigenvalue weighted by atomic mass is 9.92. The van der Waals surface area contributed by atoms with Gasteiger partial charge in [-0.2, -0.15) is 13.2 Å². The molecule has 0 saturated carbocycles. The Bertz CT molecular complexity index is 347. The highest BCUT2D eigenvalue weighted by Gasteiger charge is 2.43. The average Bonchev–Trinajstić information content (AvgIpc) is 2.47. The molecule has 2 rings (SSSR count). The lowest BCUT2D eigenvalue weighted by molar-refractivity contribution is -0.180. The van der Waals surface area contributed by atoms with Gasteiger partial charge in [-0.1, -0.05) is 0 Å². The number of nitrogens with one attached hydrogen (secondary N) is 1. The maximum Gasteiger partial charge on any atom is 0.393 e. The van der Waals surface area contributed by atoms with Crippen LogP contribution in [0.2, 0.25) is 0 Å². The number of carbonyl (C=O) groups is 1. The number of methoxy groups -OCH3 is 1. The fourth-order valence-corrected chi connectivity index (χ4v) is 3.12. The third kappa shape index (κ3) is 4.32. The molecule has 0 aromatic rings. The van der Waals surface area contributed by atoms with E-state index >= 15 is 0 Å². The topological polar surface area (TPSA) is 41.6 Å². The minimum absolute atomic E-state index is 0.0348. The summed E-state index contributed by atoms with van der Waals surface area (Å²) in [6, 6.07) is -0.456. The molecule has 0 bridgehead atoms. The van der Waals surface area contributed by atoms with E-state index in [4.69, 9.17) is 4.74 Å². The van der Waals surface area contributed by atoms with Crippen LogP contribution in [-0.4, -0.2) is 56.4 Å². The van der Waals surface area contributed by atoms with Crippen LogP contribution in [0, 0.1) is 11.8 Å². The number of halogens is 3. The number of ether oxygens (including phenoxy) is 1. The van der Waals surface area contributed by atoms with Gasteiger partial charge in [0, 0.05) is 33.4 Å². The largest absolute Gasteiger partial charge is 0.393 e. The van der Waals surface area contributed by atoms with Gasteiger partial charge in [0.2, 0.25) is 5.91 Å². The molecule has 2 heterocycles. The summed E-state index contributed by atoms with van der Waals surface area (Å²) < 4.78 is 42.9. The normalized spacial score (nSPS) is 28.7. The van der Waals surface area contributed by atoms with Gasteiger partial charge in [-0.3, -0.25) is 4.79 Å².